The summed E-state index contributed by atoms with van der Waals surface area (Å²) in [6.07, 6.45) is 0. The Morgan fingerprint density at radius 1 is 1.04 bits per heavy atom. The molecule has 0 aromatic heterocycles. The molecule has 0 atom stereocenters. The number of hydrogen-bond donors (Lipinski definition) is 1. The van der Waals surface area contributed by atoms with Gasteiger partial charge in [0.05, 0.1) is 12.2 Å². The van der Waals surface area contributed by atoms with E-state index < -0.39 is 5.97 Å². The van der Waals surface area contributed by atoms with Crippen LogP contribution in [0.2, 0.25) is 0 Å². The third-order valence-corrected chi connectivity index (χ3v) is 4.23. The zero-order valence-corrected chi connectivity index (χ0v) is 15.9. The highest BCUT2D eigenvalue weighted by molar-refractivity contribution is 5.97. The maximum atomic E-state index is 12.3. The van der Waals surface area contributed by atoms with Crippen molar-refractivity contribution in [3.63, 3.8) is 0 Å². The lowest BCUT2D eigenvalue weighted by molar-refractivity contribution is -0.118. The smallest absolute Gasteiger partial charge is 0.338 e. The van der Waals surface area contributed by atoms with E-state index in [-0.39, 0.29) is 12.5 Å². The first-order chi connectivity index (χ1) is 12.3. The van der Waals surface area contributed by atoms with Gasteiger partial charge in [0, 0.05) is 5.69 Å². The van der Waals surface area contributed by atoms with Crippen molar-refractivity contribution >= 4 is 17.6 Å². The van der Waals surface area contributed by atoms with E-state index in [9.17, 15) is 9.59 Å². The zero-order valence-electron chi connectivity index (χ0n) is 15.9. The summed E-state index contributed by atoms with van der Waals surface area (Å²) in [5.74, 6) is 0.0190. The van der Waals surface area contributed by atoms with E-state index >= 15 is 0 Å². The summed E-state index contributed by atoms with van der Waals surface area (Å²) in [4.78, 5) is 24.2. The molecule has 0 aliphatic carbocycles. The molecule has 0 aliphatic heterocycles. The molecule has 26 heavy (non-hydrogen) atoms. The number of amides is 1. The Morgan fingerprint density at radius 3 is 2.46 bits per heavy atom. The number of nitrogens with one attached hydrogen (secondary N) is 1. The molecule has 1 amide bonds. The first-order valence-electron chi connectivity index (χ1n) is 8.60. The van der Waals surface area contributed by atoms with Crippen LogP contribution in [-0.2, 0) is 9.53 Å². The molecule has 0 spiro atoms. The number of esters is 1. The molecule has 0 unspecified atom stereocenters. The summed E-state index contributed by atoms with van der Waals surface area (Å²) < 4.78 is 10.7. The second-order valence-electron chi connectivity index (χ2n) is 6.24. The quantitative estimate of drug-likeness (QED) is 0.792. The SMILES string of the molecule is CCOC(=O)c1cccc(NC(=O)COc2cc(C)cc(C)c2C)c1C. The molecular weight excluding hydrogens is 330 g/mol. The first-order valence-corrected chi connectivity index (χ1v) is 8.60. The molecule has 0 saturated carbocycles. The lowest BCUT2D eigenvalue weighted by atomic mass is 10.1. The van der Waals surface area contributed by atoms with E-state index in [0.717, 1.165) is 16.7 Å². The van der Waals surface area contributed by atoms with E-state index in [4.69, 9.17) is 9.47 Å². The molecule has 2 aromatic rings. The Labute approximate surface area is 154 Å². The van der Waals surface area contributed by atoms with Crippen molar-refractivity contribution in [2.24, 2.45) is 0 Å². The van der Waals surface area contributed by atoms with Crippen LogP contribution >= 0.6 is 0 Å². The molecule has 0 aliphatic rings. The summed E-state index contributed by atoms with van der Waals surface area (Å²) in [7, 11) is 0. The fraction of sp³-hybridized carbons (Fsp3) is 0.333. The normalized spacial score (nSPS) is 10.3. The van der Waals surface area contributed by atoms with Gasteiger partial charge < -0.3 is 14.8 Å². The van der Waals surface area contributed by atoms with Crippen molar-refractivity contribution in [3.8, 4) is 5.75 Å². The maximum Gasteiger partial charge on any atom is 0.338 e. The van der Waals surface area contributed by atoms with Crippen molar-refractivity contribution in [2.45, 2.75) is 34.6 Å². The van der Waals surface area contributed by atoms with Crippen LogP contribution in [0.1, 0.15) is 39.5 Å². The van der Waals surface area contributed by atoms with Gasteiger partial charge in [0.1, 0.15) is 5.75 Å². The number of carbonyl (C=O) groups is 2. The largest absolute Gasteiger partial charge is 0.483 e. The predicted molar refractivity (Wildman–Crippen MR) is 102 cm³/mol. The van der Waals surface area contributed by atoms with Crippen molar-refractivity contribution in [3.05, 3.63) is 58.1 Å². The van der Waals surface area contributed by atoms with Gasteiger partial charge in [-0.25, -0.2) is 4.79 Å². The number of rotatable bonds is 6. The Bertz CT molecular complexity index is 827. The van der Waals surface area contributed by atoms with E-state index in [1.165, 1.54) is 0 Å². The van der Waals surface area contributed by atoms with Crippen molar-refractivity contribution in [1.29, 1.82) is 0 Å². The lowest BCUT2D eigenvalue weighted by Crippen LogP contribution is -2.21. The molecule has 0 radical (unpaired) electrons. The van der Waals surface area contributed by atoms with Gasteiger partial charge in [-0.3, -0.25) is 4.79 Å². The molecule has 0 saturated heterocycles. The Hall–Kier alpha value is -2.82. The molecular formula is C21H25NO4. The van der Waals surface area contributed by atoms with E-state index in [1.807, 2.05) is 26.8 Å². The number of aryl methyl sites for hydroxylation is 2. The third-order valence-electron chi connectivity index (χ3n) is 4.23. The van der Waals surface area contributed by atoms with Gasteiger partial charge >= 0.3 is 5.97 Å². The Balaban J connectivity index is 2.07. The molecule has 5 heteroatoms. The fourth-order valence-electron chi connectivity index (χ4n) is 2.68. The van der Waals surface area contributed by atoms with Crippen LogP contribution in [0.5, 0.6) is 5.75 Å². The number of anilines is 1. The highest BCUT2D eigenvalue weighted by Gasteiger charge is 2.14. The fourth-order valence-corrected chi connectivity index (χ4v) is 2.68. The number of ether oxygens (including phenoxy) is 2. The van der Waals surface area contributed by atoms with Crippen LogP contribution in [0.15, 0.2) is 30.3 Å². The van der Waals surface area contributed by atoms with Crippen molar-refractivity contribution < 1.29 is 19.1 Å². The molecule has 0 bridgehead atoms. The van der Waals surface area contributed by atoms with Gasteiger partial charge in [0.25, 0.3) is 5.91 Å². The Kier molecular flexibility index (Phi) is 6.39. The molecule has 1 N–H and O–H groups in total. The highest BCUT2D eigenvalue weighted by atomic mass is 16.5. The number of benzene rings is 2. The number of carbonyl (C=O) groups excluding carboxylic acids is 2. The minimum atomic E-state index is -0.400. The van der Waals surface area contributed by atoms with E-state index in [1.54, 1.807) is 32.0 Å². The van der Waals surface area contributed by atoms with E-state index in [0.29, 0.717) is 29.2 Å². The summed E-state index contributed by atoms with van der Waals surface area (Å²) >= 11 is 0. The Morgan fingerprint density at radius 2 is 1.77 bits per heavy atom. The molecule has 138 valence electrons. The van der Waals surface area contributed by atoms with Gasteiger partial charge in [-0.2, -0.15) is 0 Å². The van der Waals surface area contributed by atoms with Gasteiger partial charge in [0.2, 0.25) is 0 Å². The molecule has 0 heterocycles. The summed E-state index contributed by atoms with van der Waals surface area (Å²) in [6, 6.07) is 9.13. The van der Waals surface area contributed by atoms with Crippen LogP contribution in [0.4, 0.5) is 5.69 Å². The molecule has 0 fully saturated rings. The lowest BCUT2D eigenvalue weighted by Gasteiger charge is -2.14. The summed E-state index contributed by atoms with van der Waals surface area (Å²) in [5.41, 5.74) is 4.91. The highest BCUT2D eigenvalue weighted by Crippen LogP contribution is 2.24. The van der Waals surface area contributed by atoms with Gasteiger partial charge in [0.15, 0.2) is 6.61 Å². The minimum Gasteiger partial charge on any atom is -0.483 e. The van der Waals surface area contributed by atoms with Crippen LogP contribution in [0.3, 0.4) is 0 Å². The van der Waals surface area contributed by atoms with Crippen molar-refractivity contribution in [1.82, 2.24) is 0 Å². The molecule has 2 rings (SSSR count). The number of hydrogen-bond acceptors (Lipinski definition) is 4. The maximum absolute atomic E-state index is 12.3. The average molecular weight is 355 g/mol. The van der Waals surface area contributed by atoms with Gasteiger partial charge in [-0.05, 0) is 75.1 Å². The minimum absolute atomic E-state index is 0.104. The third kappa shape index (κ3) is 4.63. The van der Waals surface area contributed by atoms with Gasteiger partial charge in [-0.1, -0.05) is 12.1 Å². The summed E-state index contributed by atoms with van der Waals surface area (Å²) in [5, 5.41) is 2.79. The standard InChI is InChI=1S/C21H25NO4/c1-6-25-21(24)17-8-7-9-18(16(17)5)22-20(23)12-26-19-11-13(2)10-14(3)15(19)4/h7-11H,6,12H2,1-5H3,(H,22,23). The van der Waals surface area contributed by atoms with Crippen LogP contribution in [0.25, 0.3) is 0 Å². The molecule has 5 nitrogen and oxygen atoms in total. The summed E-state index contributed by atoms with van der Waals surface area (Å²) in [6.45, 7) is 9.70. The van der Waals surface area contributed by atoms with Crippen LogP contribution < -0.4 is 10.1 Å². The first kappa shape index (κ1) is 19.5. The second-order valence-corrected chi connectivity index (χ2v) is 6.24. The van der Waals surface area contributed by atoms with Crippen LogP contribution in [0, 0.1) is 27.7 Å². The monoisotopic (exact) mass is 355 g/mol. The zero-order chi connectivity index (χ0) is 19.3. The van der Waals surface area contributed by atoms with E-state index in [2.05, 4.69) is 11.4 Å². The topological polar surface area (TPSA) is 64.6 Å². The predicted octanol–water partition coefficient (Wildman–Crippen LogP) is 4.11. The average Bonchev–Trinajstić information content (AvgIpc) is 2.58. The molecule has 2 aromatic carbocycles. The van der Waals surface area contributed by atoms with Crippen molar-refractivity contribution in [2.75, 3.05) is 18.5 Å². The van der Waals surface area contributed by atoms with Crippen LogP contribution in [-0.4, -0.2) is 25.1 Å². The second kappa shape index (κ2) is 8.52. The van der Waals surface area contributed by atoms with Gasteiger partial charge in [-0.15, -0.1) is 0 Å².